The molecule has 0 bridgehead atoms. The first-order valence-corrected chi connectivity index (χ1v) is 13.6. The van der Waals surface area contributed by atoms with Crippen LogP contribution in [0.25, 0.3) is 16.9 Å². The monoisotopic (exact) mass is 529 g/mol. The molecule has 1 saturated heterocycles. The molecule has 1 unspecified atom stereocenters. The summed E-state index contributed by atoms with van der Waals surface area (Å²) in [6.45, 7) is 11.4. The zero-order valence-corrected chi connectivity index (χ0v) is 22.7. The van der Waals surface area contributed by atoms with Crippen molar-refractivity contribution in [3.63, 3.8) is 0 Å². The summed E-state index contributed by atoms with van der Waals surface area (Å²) in [6.07, 6.45) is 1.72. The zero-order valence-electron chi connectivity index (χ0n) is 22.7. The molecule has 1 fully saturated rings. The lowest BCUT2D eigenvalue weighted by molar-refractivity contribution is 0.118. The molecule has 0 aliphatic carbocycles. The van der Waals surface area contributed by atoms with E-state index in [0.717, 1.165) is 49.9 Å². The number of aliphatic hydroxyl groups excluding tert-OH is 1. The molecule has 0 amide bonds. The molecule has 0 saturated carbocycles. The fourth-order valence-corrected chi connectivity index (χ4v) is 5.43. The van der Waals surface area contributed by atoms with E-state index in [2.05, 4.69) is 64.1 Å². The average molecular weight is 530 g/mol. The highest BCUT2D eigenvalue weighted by atomic mass is 16.7. The summed E-state index contributed by atoms with van der Waals surface area (Å²) in [5.74, 6) is 2.93. The summed E-state index contributed by atoms with van der Waals surface area (Å²) < 4.78 is 13.1. The Morgan fingerprint density at radius 1 is 1.03 bits per heavy atom. The minimum absolute atomic E-state index is 0.227. The third-order valence-electron chi connectivity index (χ3n) is 7.71. The van der Waals surface area contributed by atoms with Crippen LogP contribution in [0.1, 0.15) is 23.9 Å². The Balaban J connectivity index is 1.11. The van der Waals surface area contributed by atoms with Crippen molar-refractivity contribution in [1.29, 1.82) is 0 Å². The Kier molecular flexibility index (Phi) is 6.97. The van der Waals surface area contributed by atoms with Gasteiger partial charge in [0.05, 0.1) is 11.8 Å². The summed E-state index contributed by atoms with van der Waals surface area (Å²) >= 11 is 0. The maximum atomic E-state index is 10.9. The summed E-state index contributed by atoms with van der Waals surface area (Å²) in [7, 11) is 0. The molecule has 2 aromatic carbocycles. The number of anilines is 2. The number of nitrogens with zero attached hydrogens (tertiary/aromatic N) is 6. The zero-order chi connectivity index (χ0) is 26.9. The number of aryl methyl sites for hydroxylation is 2. The first-order chi connectivity index (χ1) is 19.0. The van der Waals surface area contributed by atoms with E-state index >= 15 is 0 Å². The number of aromatic nitrogens is 4. The fourth-order valence-electron chi connectivity index (χ4n) is 5.43. The standard InChI is InChI=1S/C29H35N7O3/c1-4-26-33-27-28(31-17-32-29(27)36(26)21-8-9-24-25(14-21)39-18-38-24)30-15-22(37)16-34-10-12-35(13-11-34)23-7-5-6-19(2)20(23)3/h5-9,14,17,22,37H,4,10-13,15-16,18H2,1-3H3,(H,30,31,32). The number of hydrogen-bond donors (Lipinski definition) is 2. The summed E-state index contributed by atoms with van der Waals surface area (Å²) in [5.41, 5.74) is 6.28. The van der Waals surface area contributed by atoms with Crippen molar-refractivity contribution in [2.24, 2.45) is 0 Å². The first kappa shape index (κ1) is 25.4. The molecule has 6 rings (SSSR count). The smallest absolute Gasteiger partial charge is 0.231 e. The van der Waals surface area contributed by atoms with E-state index in [-0.39, 0.29) is 6.79 Å². The van der Waals surface area contributed by atoms with Gasteiger partial charge in [0.2, 0.25) is 6.79 Å². The molecule has 0 spiro atoms. The number of nitrogens with one attached hydrogen (secondary N) is 1. The highest BCUT2D eigenvalue weighted by molar-refractivity contribution is 5.84. The van der Waals surface area contributed by atoms with Gasteiger partial charge in [-0.05, 0) is 43.2 Å². The highest BCUT2D eigenvalue weighted by Gasteiger charge is 2.22. The SMILES string of the molecule is CCc1nc2c(NCC(O)CN3CCN(c4cccc(C)c4C)CC3)ncnc2n1-c1ccc2c(c1)OCO2. The van der Waals surface area contributed by atoms with Gasteiger partial charge in [-0.1, -0.05) is 19.1 Å². The van der Waals surface area contributed by atoms with Crippen LogP contribution in [-0.2, 0) is 6.42 Å². The van der Waals surface area contributed by atoms with Gasteiger partial charge < -0.3 is 24.8 Å². The predicted molar refractivity (Wildman–Crippen MR) is 151 cm³/mol. The van der Waals surface area contributed by atoms with Crippen LogP contribution >= 0.6 is 0 Å². The van der Waals surface area contributed by atoms with Crippen molar-refractivity contribution in [1.82, 2.24) is 24.4 Å². The normalized spacial score (nSPS) is 16.2. The fraction of sp³-hybridized carbons (Fsp3) is 0.414. The Bertz CT molecular complexity index is 1480. The average Bonchev–Trinajstić information content (AvgIpc) is 3.58. The number of benzene rings is 2. The van der Waals surface area contributed by atoms with Crippen molar-refractivity contribution in [2.45, 2.75) is 33.3 Å². The molecular weight excluding hydrogens is 494 g/mol. The van der Waals surface area contributed by atoms with E-state index in [0.29, 0.717) is 35.8 Å². The van der Waals surface area contributed by atoms with Crippen LogP contribution in [0, 0.1) is 13.8 Å². The van der Waals surface area contributed by atoms with Crippen LogP contribution in [-0.4, -0.2) is 81.7 Å². The molecule has 2 aliphatic rings. The van der Waals surface area contributed by atoms with Gasteiger partial charge in [0.25, 0.3) is 0 Å². The number of ether oxygens (including phenoxy) is 2. The quantitative estimate of drug-likeness (QED) is 0.356. The Labute approximate surface area is 228 Å². The largest absolute Gasteiger partial charge is 0.454 e. The molecule has 39 heavy (non-hydrogen) atoms. The molecule has 4 heterocycles. The van der Waals surface area contributed by atoms with Crippen LogP contribution in [0.3, 0.4) is 0 Å². The van der Waals surface area contributed by atoms with Gasteiger partial charge in [-0.15, -0.1) is 0 Å². The van der Waals surface area contributed by atoms with Crippen LogP contribution < -0.4 is 19.7 Å². The van der Waals surface area contributed by atoms with Crippen molar-refractivity contribution < 1.29 is 14.6 Å². The number of piperazine rings is 1. The molecule has 1 atom stereocenters. The van der Waals surface area contributed by atoms with Crippen LogP contribution in [0.5, 0.6) is 11.5 Å². The number of fused-ring (bicyclic) bond motifs is 2. The lowest BCUT2D eigenvalue weighted by atomic mass is 10.1. The van der Waals surface area contributed by atoms with E-state index < -0.39 is 6.10 Å². The molecule has 0 radical (unpaired) electrons. The molecule has 2 aromatic heterocycles. The second kappa shape index (κ2) is 10.7. The van der Waals surface area contributed by atoms with Gasteiger partial charge >= 0.3 is 0 Å². The number of imidazole rings is 1. The van der Waals surface area contributed by atoms with Gasteiger partial charge in [-0.3, -0.25) is 9.47 Å². The Morgan fingerprint density at radius 2 is 1.85 bits per heavy atom. The highest BCUT2D eigenvalue weighted by Crippen LogP contribution is 2.35. The third-order valence-corrected chi connectivity index (χ3v) is 7.71. The molecule has 10 nitrogen and oxygen atoms in total. The minimum Gasteiger partial charge on any atom is -0.454 e. The maximum Gasteiger partial charge on any atom is 0.231 e. The van der Waals surface area contributed by atoms with Gasteiger partial charge in [0, 0.05) is 57.4 Å². The van der Waals surface area contributed by atoms with Gasteiger partial charge in [0.1, 0.15) is 12.2 Å². The summed E-state index contributed by atoms with van der Waals surface area (Å²) in [5, 5.41) is 14.2. The molecule has 10 heteroatoms. The van der Waals surface area contributed by atoms with Crippen molar-refractivity contribution in [2.75, 3.05) is 56.3 Å². The van der Waals surface area contributed by atoms with E-state index in [1.807, 2.05) is 22.8 Å². The van der Waals surface area contributed by atoms with Crippen molar-refractivity contribution >= 4 is 22.7 Å². The van der Waals surface area contributed by atoms with Crippen molar-refractivity contribution in [3.05, 3.63) is 59.7 Å². The van der Waals surface area contributed by atoms with Gasteiger partial charge in [0.15, 0.2) is 28.5 Å². The predicted octanol–water partition coefficient (Wildman–Crippen LogP) is 3.32. The van der Waals surface area contributed by atoms with E-state index in [1.54, 1.807) is 0 Å². The maximum absolute atomic E-state index is 10.9. The van der Waals surface area contributed by atoms with E-state index in [1.165, 1.54) is 23.1 Å². The second-order valence-electron chi connectivity index (χ2n) is 10.2. The van der Waals surface area contributed by atoms with Gasteiger partial charge in [-0.25, -0.2) is 15.0 Å². The second-order valence-corrected chi connectivity index (χ2v) is 10.2. The Morgan fingerprint density at radius 3 is 2.67 bits per heavy atom. The van der Waals surface area contributed by atoms with Crippen LogP contribution in [0.4, 0.5) is 11.5 Å². The first-order valence-electron chi connectivity index (χ1n) is 13.6. The Hall–Kier alpha value is -3.89. The van der Waals surface area contributed by atoms with Crippen molar-refractivity contribution in [3.8, 4) is 17.2 Å². The summed E-state index contributed by atoms with van der Waals surface area (Å²) in [4.78, 5) is 18.6. The third kappa shape index (κ3) is 4.97. The minimum atomic E-state index is -0.538. The van der Waals surface area contributed by atoms with Gasteiger partial charge in [-0.2, -0.15) is 0 Å². The number of aliphatic hydroxyl groups is 1. The van der Waals surface area contributed by atoms with E-state index in [9.17, 15) is 5.11 Å². The topological polar surface area (TPSA) is 101 Å². The van der Waals surface area contributed by atoms with Crippen LogP contribution in [0.15, 0.2) is 42.7 Å². The summed E-state index contributed by atoms with van der Waals surface area (Å²) in [6, 6.07) is 12.3. The lowest BCUT2D eigenvalue weighted by Crippen LogP contribution is -2.49. The molecule has 2 N–H and O–H groups in total. The van der Waals surface area contributed by atoms with E-state index in [4.69, 9.17) is 14.5 Å². The lowest BCUT2D eigenvalue weighted by Gasteiger charge is -2.37. The molecule has 2 aliphatic heterocycles. The number of β-amino-alcohol motifs (C(OH)–C–C–N with tert-alkyl or cyclic N) is 1. The number of hydrogen-bond acceptors (Lipinski definition) is 9. The molecule has 4 aromatic rings. The molecular formula is C29H35N7O3. The van der Waals surface area contributed by atoms with Crippen LogP contribution in [0.2, 0.25) is 0 Å². The molecule has 204 valence electrons. The number of rotatable bonds is 8.